The Morgan fingerprint density at radius 3 is 2.39 bits per heavy atom. The summed E-state index contributed by atoms with van der Waals surface area (Å²) in [7, 11) is -3.81. The maximum Gasteiger partial charge on any atom is 0.250 e. The molecule has 0 bridgehead atoms. The molecule has 150 valence electrons. The van der Waals surface area contributed by atoms with Crippen molar-refractivity contribution in [3.05, 3.63) is 65.7 Å². The first-order valence-corrected chi connectivity index (χ1v) is 10.8. The minimum Gasteiger partial charge on any atom is -0.355 e. The minimum absolute atomic E-state index is 0.291. The van der Waals surface area contributed by atoms with Crippen LogP contribution in [0.3, 0.4) is 0 Å². The molecule has 0 aliphatic carbocycles. The molecule has 1 fully saturated rings. The van der Waals surface area contributed by atoms with Gasteiger partial charge in [-0.2, -0.15) is 0 Å². The van der Waals surface area contributed by atoms with Crippen LogP contribution < -0.4 is 20.9 Å². The molecule has 2 aromatic carbocycles. The van der Waals surface area contributed by atoms with Gasteiger partial charge in [-0.15, -0.1) is 0 Å². The second kappa shape index (κ2) is 8.72. The van der Waals surface area contributed by atoms with Crippen molar-refractivity contribution >= 4 is 21.6 Å². The minimum atomic E-state index is -3.81. The molecule has 1 amide bonds. The number of carbonyl (C=O) groups is 1. The second-order valence-corrected chi connectivity index (χ2v) is 8.87. The Hall–Kier alpha value is -2.42. The van der Waals surface area contributed by atoms with Crippen molar-refractivity contribution < 1.29 is 13.2 Å². The zero-order valence-corrected chi connectivity index (χ0v) is 16.8. The summed E-state index contributed by atoms with van der Waals surface area (Å²) in [5, 5.41) is 1.80. The summed E-state index contributed by atoms with van der Waals surface area (Å²) in [5.41, 5.74) is 8.25. The molecule has 8 heteroatoms. The van der Waals surface area contributed by atoms with Crippen molar-refractivity contribution in [1.29, 1.82) is 0 Å². The molecule has 0 aromatic heterocycles. The lowest BCUT2D eigenvalue weighted by Gasteiger charge is -2.21. The molecule has 4 N–H and O–H groups in total. The van der Waals surface area contributed by atoms with Crippen LogP contribution >= 0.6 is 0 Å². The van der Waals surface area contributed by atoms with Gasteiger partial charge in [0.15, 0.2) is 5.37 Å². The molecule has 7 nitrogen and oxygen atoms in total. The van der Waals surface area contributed by atoms with E-state index in [1.165, 1.54) is 0 Å². The number of amides is 1. The highest BCUT2D eigenvalue weighted by atomic mass is 32.2. The number of hydrogen-bond acceptors (Lipinski definition) is 5. The van der Waals surface area contributed by atoms with Crippen LogP contribution in [0.5, 0.6) is 0 Å². The van der Waals surface area contributed by atoms with E-state index in [0.29, 0.717) is 18.7 Å². The van der Waals surface area contributed by atoms with Crippen molar-refractivity contribution in [2.45, 2.75) is 31.7 Å². The van der Waals surface area contributed by atoms with Crippen LogP contribution in [0.1, 0.15) is 18.1 Å². The number of hydrazine groups is 1. The highest BCUT2D eigenvalue weighted by Gasteiger charge is 2.45. The molecule has 3 atom stereocenters. The van der Waals surface area contributed by atoms with E-state index in [1.807, 2.05) is 49.4 Å². The number of anilines is 1. The fourth-order valence-corrected chi connectivity index (χ4v) is 4.79. The van der Waals surface area contributed by atoms with Gasteiger partial charge in [0.1, 0.15) is 0 Å². The normalized spacial score (nSPS) is 22.0. The van der Waals surface area contributed by atoms with Crippen molar-refractivity contribution in [2.24, 2.45) is 5.92 Å². The first kappa shape index (κ1) is 20.3. The SMILES string of the molecule is Cc1ccc(NS(=O)(=O)C2NNC(C)C2C(=O)NCCc2ccccc2)cc1. The fourth-order valence-electron chi connectivity index (χ4n) is 3.23. The van der Waals surface area contributed by atoms with E-state index in [2.05, 4.69) is 20.9 Å². The summed E-state index contributed by atoms with van der Waals surface area (Å²) >= 11 is 0. The Kier molecular flexibility index (Phi) is 6.33. The molecule has 1 aliphatic heterocycles. The third kappa shape index (κ3) is 4.89. The number of carbonyl (C=O) groups excluding carboxylic acids is 1. The van der Waals surface area contributed by atoms with Gasteiger partial charge in [-0.05, 0) is 38.0 Å². The Morgan fingerprint density at radius 2 is 1.71 bits per heavy atom. The molecule has 28 heavy (non-hydrogen) atoms. The molecule has 1 saturated heterocycles. The van der Waals surface area contributed by atoms with Crippen molar-refractivity contribution in [1.82, 2.24) is 16.2 Å². The quantitative estimate of drug-likeness (QED) is 0.563. The van der Waals surface area contributed by atoms with E-state index >= 15 is 0 Å². The highest BCUT2D eigenvalue weighted by Crippen LogP contribution is 2.22. The third-order valence-corrected chi connectivity index (χ3v) is 6.42. The molecule has 3 rings (SSSR count). The van der Waals surface area contributed by atoms with Crippen LogP contribution in [0.4, 0.5) is 5.69 Å². The molecule has 0 spiro atoms. The van der Waals surface area contributed by atoms with Gasteiger partial charge in [-0.25, -0.2) is 13.8 Å². The molecule has 3 unspecified atom stereocenters. The fraction of sp³-hybridized carbons (Fsp3) is 0.350. The maximum absolute atomic E-state index is 12.8. The predicted molar refractivity (Wildman–Crippen MR) is 110 cm³/mol. The zero-order valence-electron chi connectivity index (χ0n) is 16.0. The zero-order chi connectivity index (χ0) is 20.1. The van der Waals surface area contributed by atoms with E-state index in [1.54, 1.807) is 19.1 Å². The van der Waals surface area contributed by atoms with Crippen LogP contribution in [0.2, 0.25) is 0 Å². The van der Waals surface area contributed by atoms with Gasteiger partial charge in [-0.3, -0.25) is 14.9 Å². The van der Waals surface area contributed by atoms with E-state index in [-0.39, 0.29) is 11.9 Å². The largest absolute Gasteiger partial charge is 0.355 e. The smallest absolute Gasteiger partial charge is 0.250 e. The lowest BCUT2D eigenvalue weighted by molar-refractivity contribution is -0.125. The molecule has 1 aliphatic rings. The van der Waals surface area contributed by atoms with Gasteiger partial charge in [0.25, 0.3) is 10.0 Å². The van der Waals surface area contributed by atoms with E-state index in [0.717, 1.165) is 11.1 Å². The predicted octanol–water partition coefficient (Wildman–Crippen LogP) is 1.53. The summed E-state index contributed by atoms with van der Waals surface area (Å²) in [6, 6.07) is 16.6. The molecular weight excluding hydrogens is 376 g/mol. The van der Waals surface area contributed by atoms with Gasteiger partial charge in [-0.1, -0.05) is 48.0 Å². The summed E-state index contributed by atoms with van der Waals surface area (Å²) in [5.74, 6) is -1.04. The monoisotopic (exact) mass is 402 g/mol. The van der Waals surface area contributed by atoms with Crippen LogP contribution in [0.25, 0.3) is 0 Å². The number of benzene rings is 2. The van der Waals surface area contributed by atoms with Crippen molar-refractivity contribution in [2.75, 3.05) is 11.3 Å². The van der Waals surface area contributed by atoms with Gasteiger partial charge in [0.05, 0.1) is 5.92 Å². The lowest BCUT2D eigenvalue weighted by atomic mass is 10.0. The summed E-state index contributed by atoms with van der Waals surface area (Å²) in [4.78, 5) is 12.7. The standard InChI is InChI=1S/C20H26N4O3S/c1-14-8-10-17(11-9-14)24-28(26,27)20-18(15(2)22-23-20)19(25)21-13-12-16-6-4-3-5-7-16/h3-11,15,18,20,22-24H,12-13H2,1-2H3,(H,21,25). The molecule has 2 aromatic rings. The number of aryl methyl sites for hydroxylation is 1. The van der Waals surface area contributed by atoms with Crippen LogP contribution in [-0.4, -0.2) is 32.3 Å². The lowest BCUT2D eigenvalue weighted by Crippen LogP contribution is -2.47. The second-order valence-electron chi connectivity index (χ2n) is 7.06. The van der Waals surface area contributed by atoms with E-state index < -0.39 is 21.3 Å². The topological polar surface area (TPSA) is 99.3 Å². The molecule has 0 radical (unpaired) electrons. The van der Waals surface area contributed by atoms with Gasteiger partial charge in [0, 0.05) is 18.3 Å². The number of rotatable bonds is 7. The Balaban J connectivity index is 1.64. The van der Waals surface area contributed by atoms with Crippen molar-refractivity contribution in [3.8, 4) is 0 Å². The van der Waals surface area contributed by atoms with E-state index in [4.69, 9.17) is 0 Å². The molecule has 1 heterocycles. The number of nitrogens with one attached hydrogen (secondary N) is 4. The first-order valence-electron chi connectivity index (χ1n) is 9.28. The highest BCUT2D eigenvalue weighted by molar-refractivity contribution is 7.93. The van der Waals surface area contributed by atoms with Crippen molar-refractivity contribution in [3.63, 3.8) is 0 Å². The van der Waals surface area contributed by atoms with Gasteiger partial charge >= 0.3 is 0 Å². The molecule has 0 saturated carbocycles. The van der Waals surface area contributed by atoms with Crippen LogP contribution in [0, 0.1) is 12.8 Å². The number of sulfonamides is 1. The van der Waals surface area contributed by atoms with E-state index in [9.17, 15) is 13.2 Å². The molecular formula is C20H26N4O3S. The summed E-state index contributed by atoms with van der Waals surface area (Å²) in [6.07, 6.45) is 0.688. The maximum atomic E-state index is 12.8. The third-order valence-electron chi connectivity index (χ3n) is 4.82. The number of hydrogen-bond donors (Lipinski definition) is 4. The summed E-state index contributed by atoms with van der Waals surface area (Å²) in [6.45, 7) is 4.16. The Morgan fingerprint density at radius 1 is 1.04 bits per heavy atom. The van der Waals surface area contributed by atoms with Crippen LogP contribution in [0.15, 0.2) is 54.6 Å². The van der Waals surface area contributed by atoms with Gasteiger partial charge < -0.3 is 5.32 Å². The Labute approximate surface area is 165 Å². The first-order chi connectivity index (χ1) is 13.4. The Bertz CT molecular complexity index is 901. The average molecular weight is 403 g/mol. The van der Waals surface area contributed by atoms with Gasteiger partial charge in [0.2, 0.25) is 5.91 Å². The van der Waals surface area contributed by atoms with Crippen LogP contribution in [-0.2, 0) is 21.2 Å². The summed E-state index contributed by atoms with van der Waals surface area (Å²) < 4.78 is 28.3. The average Bonchev–Trinajstić information content (AvgIpc) is 3.07.